The van der Waals surface area contributed by atoms with E-state index in [0.29, 0.717) is 6.42 Å². The summed E-state index contributed by atoms with van der Waals surface area (Å²) in [5.41, 5.74) is 5.38. The number of fused-ring (bicyclic) bond motifs is 1. The van der Waals surface area contributed by atoms with Crippen LogP contribution in [0, 0.1) is 0 Å². The third-order valence-electron chi connectivity index (χ3n) is 3.24. The summed E-state index contributed by atoms with van der Waals surface area (Å²) < 4.78 is 2.06. The zero-order valence-electron chi connectivity index (χ0n) is 10.7. The van der Waals surface area contributed by atoms with E-state index in [1.165, 1.54) is 5.46 Å². The van der Waals surface area contributed by atoms with E-state index in [-0.39, 0.29) is 0 Å². The molecule has 0 N–H and O–H groups in total. The molecule has 0 atom stereocenters. The Morgan fingerprint density at radius 3 is 2.68 bits per heavy atom. The van der Waals surface area contributed by atoms with Crippen LogP contribution in [0.3, 0.4) is 0 Å². The maximum atomic E-state index is 10.5. The zero-order valence-corrected chi connectivity index (χ0v) is 10.7. The van der Waals surface area contributed by atoms with E-state index in [9.17, 15) is 4.79 Å². The van der Waals surface area contributed by atoms with Crippen molar-refractivity contribution in [2.75, 3.05) is 0 Å². The molecule has 0 radical (unpaired) electrons. The molecule has 0 unspecified atom stereocenters. The summed E-state index contributed by atoms with van der Waals surface area (Å²) >= 11 is 0. The van der Waals surface area contributed by atoms with Crippen LogP contribution in [0.2, 0.25) is 0 Å². The van der Waals surface area contributed by atoms with E-state index in [1.54, 1.807) is 0 Å². The van der Waals surface area contributed by atoms with Crippen LogP contribution in [-0.2, 0) is 11.2 Å². The molecule has 1 aromatic heterocycles. The molecule has 3 rings (SSSR count). The highest BCUT2D eigenvalue weighted by molar-refractivity contribution is 6.33. The Balaban J connectivity index is 2.06. The second-order valence-corrected chi connectivity index (χ2v) is 4.64. The topological polar surface area (TPSA) is 34.9 Å². The summed E-state index contributed by atoms with van der Waals surface area (Å²) in [6, 6.07) is 14.2. The molecule has 1 heterocycles. The number of rotatable bonds is 3. The largest absolute Gasteiger partial charge is 0.303 e. The van der Waals surface area contributed by atoms with Crippen molar-refractivity contribution in [2.24, 2.45) is 0 Å². The van der Waals surface area contributed by atoms with Crippen molar-refractivity contribution >= 4 is 30.6 Å². The monoisotopic (exact) mass is 248 g/mol. The van der Waals surface area contributed by atoms with Gasteiger partial charge in [0.05, 0.1) is 11.0 Å². The third kappa shape index (κ3) is 2.17. The first kappa shape index (κ1) is 11.7. The van der Waals surface area contributed by atoms with Crippen molar-refractivity contribution < 1.29 is 4.79 Å². The van der Waals surface area contributed by atoms with Gasteiger partial charge in [-0.3, -0.25) is 4.57 Å². The minimum absolute atomic E-state index is 0.462. The number of aromatic nitrogens is 2. The highest BCUT2D eigenvalue weighted by atomic mass is 16.1. The number of imidazole rings is 1. The van der Waals surface area contributed by atoms with Crippen LogP contribution in [0.4, 0.5) is 0 Å². The minimum Gasteiger partial charge on any atom is -0.303 e. The van der Waals surface area contributed by atoms with Crippen molar-refractivity contribution in [3.63, 3.8) is 0 Å². The molecule has 0 saturated heterocycles. The summed E-state index contributed by atoms with van der Waals surface area (Å²) in [4.78, 5) is 14.9. The molecule has 0 spiro atoms. The van der Waals surface area contributed by atoms with Gasteiger partial charge in [0.25, 0.3) is 0 Å². The molecule has 2 aromatic carbocycles. The quantitative estimate of drug-likeness (QED) is 0.512. The Morgan fingerprint density at radius 1 is 1.16 bits per heavy atom. The predicted molar refractivity (Wildman–Crippen MR) is 79.0 cm³/mol. The second kappa shape index (κ2) is 4.73. The Bertz CT molecular complexity index is 731. The lowest BCUT2D eigenvalue weighted by Crippen LogP contribution is -2.00. The Labute approximate surface area is 112 Å². The van der Waals surface area contributed by atoms with E-state index in [2.05, 4.69) is 35.6 Å². The average molecular weight is 248 g/mol. The highest BCUT2D eigenvalue weighted by Crippen LogP contribution is 2.17. The molecule has 4 heteroatoms. The fourth-order valence-electron chi connectivity index (χ4n) is 2.22. The fraction of sp³-hybridized carbons (Fsp3) is 0.0667. The van der Waals surface area contributed by atoms with E-state index in [0.717, 1.165) is 28.6 Å². The third-order valence-corrected chi connectivity index (χ3v) is 3.24. The van der Waals surface area contributed by atoms with Gasteiger partial charge in [0.1, 0.15) is 20.5 Å². The number of carbonyl (C=O) groups excluding carboxylic acids is 1. The summed E-state index contributed by atoms with van der Waals surface area (Å²) in [5.74, 6) is 0. The van der Waals surface area contributed by atoms with E-state index in [4.69, 9.17) is 0 Å². The minimum atomic E-state index is 0.462. The number of nitrogens with zero attached hydrogens (tertiary/aromatic N) is 2. The van der Waals surface area contributed by atoms with Gasteiger partial charge in [-0.1, -0.05) is 23.7 Å². The summed E-state index contributed by atoms with van der Waals surface area (Å²) in [5, 5.41) is 0. The fourth-order valence-corrected chi connectivity index (χ4v) is 2.22. The van der Waals surface area contributed by atoms with Crippen molar-refractivity contribution in [2.45, 2.75) is 6.42 Å². The molecule has 19 heavy (non-hydrogen) atoms. The molecule has 0 aliphatic heterocycles. The van der Waals surface area contributed by atoms with E-state index < -0.39 is 0 Å². The number of carbonyl (C=O) groups is 1. The lowest BCUT2D eigenvalue weighted by atomic mass is 9.96. The summed E-state index contributed by atoms with van der Waals surface area (Å²) in [7, 11) is 2.06. The van der Waals surface area contributed by atoms with Crippen molar-refractivity contribution in [3.8, 4) is 5.69 Å². The van der Waals surface area contributed by atoms with Gasteiger partial charge in [-0.2, -0.15) is 0 Å². The molecule has 0 bridgehead atoms. The maximum Gasteiger partial charge on any atom is 0.139 e. The van der Waals surface area contributed by atoms with Gasteiger partial charge in [-0.05, 0) is 29.8 Å². The van der Waals surface area contributed by atoms with Crippen LogP contribution >= 0.6 is 0 Å². The van der Waals surface area contributed by atoms with Crippen LogP contribution in [0.15, 0.2) is 48.8 Å². The smallest absolute Gasteiger partial charge is 0.139 e. The molecule has 3 nitrogen and oxygen atoms in total. The van der Waals surface area contributed by atoms with E-state index >= 15 is 0 Å². The average Bonchev–Trinajstić information content (AvgIpc) is 2.83. The molecule has 0 aliphatic rings. The van der Waals surface area contributed by atoms with Crippen molar-refractivity contribution in [1.82, 2.24) is 9.55 Å². The molecule has 92 valence electrons. The molecular formula is C15H13BN2O. The van der Waals surface area contributed by atoms with Crippen LogP contribution in [-0.4, -0.2) is 23.7 Å². The van der Waals surface area contributed by atoms with Gasteiger partial charge in [-0.15, -0.1) is 0 Å². The van der Waals surface area contributed by atoms with Crippen LogP contribution in [0.25, 0.3) is 16.7 Å². The Morgan fingerprint density at radius 2 is 1.95 bits per heavy atom. The summed E-state index contributed by atoms with van der Waals surface area (Å²) in [6.07, 6.45) is 3.22. The lowest BCUT2D eigenvalue weighted by molar-refractivity contribution is -0.107. The van der Waals surface area contributed by atoms with Crippen LogP contribution < -0.4 is 5.46 Å². The van der Waals surface area contributed by atoms with Gasteiger partial charge >= 0.3 is 0 Å². The molecule has 0 saturated carbocycles. The number of aldehydes is 1. The van der Waals surface area contributed by atoms with E-state index in [1.807, 2.05) is 30.6 Å². The molecule has 0 amide bonds. The van der Waals surface area contributed by atoms with Crippen molar-refractivity contribution in [1.29, 1.82) is 0 Å². The first-order valence-electron chi connectivity index (χ1n) is 6.24. The first-order chi connectivity index (χ1) is 9.28. The Kier molecular flexibility index (Phi) is 2.92. The first-order valence-corrected chi connectivity index (χ1v) is 6.24. The van der Waals surface area contributed by atoms with Gasteiger partial charge in [0.2, 0.25) is 0 Å². The lowest BCUT2D eigenvalue weighted by Gasteiger charge is -2.05. The zero-order chi connectivity index (χ0) is 13.2. The molecule has 0 fully saturated rings. The highest BCUT2D eigenvalue weighted by Gasteiger charge is 2.04. The molecule has 0 aliphatic carbocycles. The molecule has 3 aromatic rings. The number of hydrogen-bond donors (Lipinski definition) is 0. The van der Waals surface area contributed by atoms with Gasteiger partial charge < -0.3 is 4.79 Å². The van der Waals surface area contributed by atoms with Crippen LogP contribution in [0.1, 0.15) is 5.56 Å². The Hall–Kier alpha value is -2.36. The maximum absolute atomic E-state index is 10.5. The standard InChI is InChI=1S/C15H13BN2O/c16-12-3-6-15-14(9-12)17-10-18(15)13-4-1-11(2-5-13)7-8-19/h1-6,8-10H,7,16H2. The normalized spacial score (nSPS) is 10.7. The van der Waals surface area contributed by atoms with Gasteiger partial charge in [0, 0.05) is 12.1 Å². The number of hydrogen-bond acceptors (Lipinski definition) is 2. The van der Waals surface area contributed by atoms with Crippen molar-refractivity contribution in [3.05, 3.63) is 54.4 Å². The molecular weight excluding hydrogens is 235 g/mol. The number of benzene rings is 2. The van der Waals surface area contributed by atoms with Gasteiger partial charge in [-0.25, -0.2) is 4.98 Å². The SMILES string of the molecule is Bc1ccc2c(c1)ncn2-c1ccc(CC=O)cc1. The van der Waals surface area contributed by atoms with Gasteiger partial charge in [0.15, 0.2) is 0 Å². The van der Waals surface area contributed by atoms with Crippen LogP contribution in [0.5, 0.6) is 0 Å². The summed E-state index contributed by atoms with van der Waals surface area (Å²) in [6.45, 7) is 0. The predicted octanol–water partition coefficient (Wildman–Crippen LogP) is 1.03. The second-order valence-electron chi connectivity index (χ2n) is 4.64.